The number of carbonyl (C=O) groups excluding carboxylic acids is 1. The molecule has 2 heterocycles. The standard InChI is InChI=1S/C15H21F3N4O/c16-15(17,18)13-7-10-22(20-13)12-5-8-21(9-6-12)14(23)19-11-3-1-2-4-11/h7,10-12H,1-6,8-9H2,(H,19,23). The lowest BCUT2D eigenvalue weighted by molar-refractivity contribution is -0.141. The molecule has 23 heavy (non-hydrogen) atoms. The van der Waals surface area contributed by atoms with E-state index < -0.39 is 11.9 Å². The number of likely N-dealkylation sites (tertiary alicyclic amines) is 1. The fourth-order valence-electron chi connectivity index (χ4n) is 3.36. The number of rotatable bonds is 2. The van der Waals surface area contributed by atoms with Gasteiger partial charge in [0.25, 0.3) is 0 Å². The van der Waals surface area contributed by atoms with E-state index in [2.05, 4.69) is 10.4 Å². The van der Waals surface area contributed by atoms with Crippen LogP contribution in [-0.4, -0.2) is 39.8 Å². The molecule has 1 aromatic heterocycles. The summed E-state index contributed by atoms with van der Waals surface area (Å²) in [4.78, 5) is 13.9. The lowest BCUT2D eigenvalue weighted by atomic mass is 10.1. The van der Waals surface area contributed by atoms with Crippen LogP contribution in [0.1, 0.15) is 50.3 Å². The molecule has 1 saturated heterocycles. The van der Waals surface area contributed by atoms with Crippen molar-refractivity contribution in [2.45, 2.75) is 56.8 Å². The van der Waals surface area contributed by atoms with Gasteiger partial charge >= 0.3 is 12.2 Å². The number of hydrogen-bond acceptors (Lipinski definition) is 2. The molecule has 1 aromatic rings. The van der Waals surface area contributed by atoms with Crippen LogP contribution in [-0.2, 0) is 6.18 Å². The molecule has 2 amide bonds. The first-order valence-electron chi connectivity index (χ1n) is 8.11. The number of nitrogens with one attached hydrogen (secondary N) is 1. The van der Waals surface area contributed by atoms with E-state index in [1.807, 2.05) is 0 Å². The molecule has 8 heteroatoms. The maximum Gasteiger partial charge on any atom is 0.435 e. The average Bonchev–Trinajstić information content (AvgIpc) is 3.18. The van der Waals surface area contributed by atoms with Crippen molar-refractivity contribution in [1.82, 2.24) is 20.0 Å². The Bertz CT molecular complexity index is 543. The molecule has 128 valence electrons. The minimum atomic E-state index is -4.41. The molecule has 0 aromatic carbocycles. The van der Waals surface area contributed by atoms with Gasteiger partial charge in [-0.25, -0.2) is 4.79 Å². The van der Waals surface area contributed by atoms with Gasteiger partial charge in [0.2, 0.25) is 0 Å². The van der Waals surface area contributed by atoms with Crippen LogP contribution in [0.3, 0.4) is 0 Å². The van der Waals surface area contributed by atoms with E-state index in [1.54, 1.807) is 4.90 Å². The molecular weight excluding hydrogens is 309 g/mol. The lowest BCUT2D eigenvalue weighted by Gasteiger charge is -2.33. The number of halogens is 3. The first-order valence-corrected chi connectivity index (χ1v) is 8.11. The predicted octanol–water partition coefficient (Wildman–Crippen LogP) is 3.19. The van der Waals surface area contributed by atoms with Gasteiger partial charge in [0.05, 0.1) is 6.04 Å². The molecule has 2 aliphatic rings. The van der Waals surface area contributed by atoms with Crippen molar-refractivity contribution in [3.63, 3.8) is 0 Å². The zero-order chi connectivity index (χ0) is 16.4. The normalized spacial score (nSPS) is 20.9. The van der Waals surface area contributed by atoms with Crippen molar-refractivity contribution in [2.75, 3.05) is 13.1 Å². The quantitative estimate of drug-likeness (QED) is 0.905. The second-order valence-corrected chi connectivity index (χ2v) is 6.33. The maximum absolute atomic E-state index is 12.6. The molecule has 0 unspecified atom stereocenters. The van der Waals surface area contributed by atoms with Gasteiger partial charge in [-0.3, -0.25) is 4.68 Å². The highest BCUT2D eigenvalue weighted by Gasteiger charge is 2.34. The van der Waals surface area contributed by atoms with Gasteiger partial charge in [0.1, 0.15) is 0 Å². The maximum atomic E-state index is 12.6. The first kappa shape index (κ1) is 16.1. The molecule has 3 rings (SSSR count). The Labute approximate surface area is 132 Å². The van der Waals surface area contributed by atoms with Crippen LogP contribution in [0, 0.1) is 0 Å². The Hall–Kier alpha value is -1.73. The minimum absolute atomic E-state index is 0.0493. The SMILES string of the molecule is O=C(NC1CCCC1)N1CCC(n2ccc(C(F)(F)F)n2)CC1. The summed E-state index contributed by atoms with van der Waals surface area (Å²) >= 11 is 0. The van der Waals surface area contributed by atoms with Crippen LogP contribution < -0.4 is 5.32 Å². The number of alkyl halides is 3. The predicted molar refractivity (Wildman–Crippen MR) is 77.9 cm³/mol. The number of amides is 2. The van der Waals surface area contributed by atoms with Gasteiger partial charge in [0, 0.05) is 25.3 Å². The van der Waals surface area contributed by atoms with Crippen molar-refractivity contribution >= 4 is 6.03 Å². The Morgan fingerprint density at radius 2 is 1.83 bits per heavy atom. The van der Waals surface area contributed by atoms with Gasteiger partial charge < -0.3 is 10.2 Å². The fourth-order valence-corrected chi connectivity index (χ4v) is 3.36. The van der Waals surface area contributed by atoms with E-state index in [-0.39, 0.29) is 18.1 Å². The fraction of sp³-hybridized carbons (Fsp3) is 0.733. The van der Waals surface area contributed by atoms with E-state index >= 15 is 0 Å². The third-order valence-corrected chi connectivity index (χ3v) is 4.71. The summed E-state index contributed by atoms with van der Waals surface area (Å²) < 4.78 is 39.2. The number of aromatic nitrogens is 2. The minimum Gasteiger partial charge on any atom is -0.335 e. The van der Waals surface area contributed by atoms with Gasteiger partial charge in [-0.05, 0) is 31.7 Å². The number of piperidine rings is 1. The molecule has 0 atom stereocenters. The van der Waals surface area contributed by atoms with Crippen LogP contribution in [0.2, 0.25) is 0 Å². The van der Waals surface area contributed by atoms with Gasteiger partial charge in [-0.1, -0.05) is 12.8 Å². The highest BCUT2D eigenvalue weighted by molar-refractivity contribution is 5.74. The summed E-state index contributed by atoms with van der Waals surface area (Å²) in [5.41, 5.74) is -0.862. The lowest BCUT2D eigenvalue weighted by Crippen LogP contribution is -2.47. The van der Waals surface area contributed by atoms with Crippen LogP contribution in [0.25, 0.3) is 0 Å². The zero-order valence-corrected chi connectivity index (χ0v) is 12.9. The number of carbonyl (C=O) groups is 1. The van der Waals surface area contributed by atoms with Crippen LogP contribution in [0.4, 0.5) is 18.0 Å². The van der Waals surface area contributed by atoms with Crippen molar-refractivity contribution in [3.8, 4) is 0 Å². The van der Waals surface area contributed by atoms with Crippen LogP contribution >= 0.6 is 0 Å². The zero-order valence-electron chi connectivity index (χ0n) is 12.9. The Kier molecular flexibility index (Phi) is 4.50. The molecule has 5 nitrogen and oxygen atoms in total. The highest BCUT2D eigenvalue weighted by atomic mass is 19.4. The third-order valence-electron chi connectivity index (χ3n) is 4.71. The Morgan fingerprint density at radius 1 is 1.17 bits per heavy atom. The van der Waals surface area contributed by atoms with Crippen molar-refractivity contribution in [3.05, 3.63) is 18.0 Å². The van der Waals surface area contributed by atoms with Crippen LogP contribution in [0.5, 0.6) is 0 Å². The number of urea groups is 1. The first-order chi connectivity index (χ1) is 10.9. The molecule has 0 bridgehead atoms. The average molecular weight is 330 g/mol. The van der Waals surface area contributed by atoms with E-state index in [1.165, 1.54) is 10.9 Å². The summed E-state index contributed by atoms with van der Waals surface area (Å²) in [6, 6.07) is 1.15. The van der Waals surface area contributed by atoms with E-state index in [9.17, 15) is 18.0 Å². The molecule has 0 radical (unpaired) electrons. The third kappa shape index (κ3) is 3.79. The second kappa shape index (κ2) is 6.41. The summed E-state index contributed by atoms with van der Waals surface area (Å²) in [6.45, 7) is 1.09. The van der Waals surface area contributed by atoms with Crippen molar-refractivity contribution in [2.24, 2.45) is 0 Å². The second-order valence-electron chi connectivity index (χ2n) is 6.33. The number of hydrogen-bond donors (Lipinski definition) is 1. The molecule has 1 aliphatic carbocycles. The van der Waals surface area contributed by atoms with Gasteiger partial charge in [0.15, 0.2) is 5.69 Å². The summed E-state index contributed by atoms with van der Waals surface area (Å²) in [5.74, 6) is 0. The molecule has 0 spiro atoms. The smallest absolute Gasteiger partial charge is 0.335 e. The monoisotopic (exact) mass is 330 g/mol. The molecular formula is C15H21F3N4O. The summed E-state index contributed by atoms with van der Waals surface area (Å²) in [5, 5.41) is 6.67. The van der Waals surface area contributed by atoms with Crippen molar-refractivity contribution < 1.29 is 18.0 Å². The summed E-state index contributed by atoms with van der Waals surface area (Å²) in [7, 11) is 0. The molecule has 1 aliphatic heterocycles. The Morgan fingerprint density at radius 3 is 2.39 bits per heavy atom. The number of nitrogens with zero attached hydrogens (tertiary/aromatic N) is 3. The van der Waals surface area contributed by atoms with Gasteiger partial charge in [-0.15, -0.1) is 0 Å². The van der Waals surface area contributed by atoms with Crippen molar-refractivity contribution in [1.29, 1.82) is 0 Å². The highest BCUT2D eigenvalue weighted by Crippen LogP contribution is 2.29. The van der Waals surface area contributed by atoms with Gasteiger partial charge in [-0.2, -0.15) is 18.3 Å². The van der Waals surface area contributed by atoms with E-state index in [0.29, 0.717) is 25.9 Å². The molecule has 2 fully saturated rings. The topological polar surface area (TPSA) is 50.2 Å². The molecule has 1 saturated carbocycles. The van der Waals surface area contributed by atoms with E-state index in [0.717, 1.165) is 31.7 Å². The molecule has 1 N–H and O–H groups in total. The summed E-state index contributed by atoms with van der Waals surface area (Å²) in [6.07, 6.45) is 2.61. The van der Waals surface area contributed by atoms with E-state index in [4.69, 9.17) is 0 Å². The van der Waals surface area contributed by atoms with Crippen LogP contribution in [0.15, 0.2) is 12.3 Å². The largest absolute Gasteiger partial charge is 0.435 e. The Balaban J connectivity index is 1.51.